The molecule has 0 radical (unpaired) electrons. The summed E-state index contributed by atoms with van der Waals surface area (Å²) in [6, 6.07) is -1.47. The van der Waals surface area contributed by atoms with Crippen LogP contribution >= 0.6 is 33.2 Å². The predicted molar refractivity (Wildman–Crippen MR) is 60.6 cm³/mol. The Bertz CT molecular complexity index is 83.2. The number of ether oxygens (including phenoxy) is 1. The molecule has 0 spiro atoms. The summed E-state index contributed by atoms with van der Waals surface area (Å²) >= 11 is 16.5. The molecule has 0 saturated carbocycles. The highest BCUT2D eigenvalue weighted by Crippen LogP contribution is 2.25. The molecule has 0 N–H and O–H groups in total. The zero-order chi connectivity index (χ0) is 10.0. The van der Waals surface area contributed by atoms with E-state index >= 15 is 0 Å². The van der Waals surface area contributed by atoms with Crippen LogP contribution in [-0.2, 0) is 4.74 Å². The minimum Gasteiger partial charge on any atom is -0.382 e. The van der Waals surface area contributed by atoms with E-state index in [1.807, 2.05) is 20.8 Å². The lowest BCUT2D eigenvalue weighted by Crippen LogP contribution is -2.06. The molecular weight excluding hydrogens is 235 g/mol. The average Bonchev–Trinajstić information content (AvgIpc) is 1.87. The molecule has 0 aromatic rings. The third-order valence-corrected chi connectivity index (χ3v) is 3.71. The lowest BCUT2D eigenvalue weighted by atomic mass is 10.6. The molecule has 0 aromatic heterocycles. The second-order valence-electron chi connectivity index (χ2n) is 2.15. The molecule has 0 aliphatic heterocycles. The SMILES string of the molecule is CCC[Si](Cl)(Cl)Cl.CCOCC. The Morgan fingerprint density at radius 3 is 1.42 bits per heavy atom. The van der Waals surface area contributed by atoms with E-state index < -0.39 is 6.00 Å². The van der Waals surface area contributed by atoms with Gasteiger partial charge in [-0.25, -0.2) is 0 Å². The Hall–Kier alpha value is 1.05. The first-order valence-electron chi connectivity index (χ1n) is 4.12. The van der Waals surface area contributed by atoms with Crippen LogP contribution in [0.2, 0.25) is 6.04 Å². The maximum Gasteiger partial charge on any atom is 0.341 e. The van der Waals surface area contributed by atoms with Gasteiger partial charge >= 0.3 is 6.00 Å². The van der Waals surface area contributed by atoms with E-state index in [1.54, 1.807) is 0 Å². The van der Waals surface area contributed by atoms with E-state index in [1.165, 1.54) is 0 Å². The Kier molecular flexibility index (Phi) is 13.1. The summed E-state index contributed by atoms with van der Waals surface area (Å²) in [6.07, 6.45) is 0.975. The molecule has 0 atom stereocenters. The number of hydrogen-bond donors (Lipinski definition) is 0. The Balaban J connectivity index is 0. The molecule has 1 nitrogen and oxygen atoms in total. The fourth-order valence-corrected chi connectivity index (χ4v) is 2.76. The summed E-state index contributed by atoms with van der Waals surface area (Å²) < 4.78 is 4.83. The van der Waals surface area contributed by atoms with Crippen molar-refractivity contribution in [2.45, 2.75) is 33.2 Å². The molecule has 0 saturated heterocycles. The molecule has 0 aromatic carbocycles. The quantitative estimate of drug-likeness (QED) is 0.540. The number of rotatable bonds is 4. The van der Waals surface area contributed by atoms with Gasteiger partial charge in [0.25, 0.3) is 0 Å². The third-order valence-electron chi connectivity index (χ3n) is 0.942. The summed E-state index contributed by atoms with van der Waals surface area (Å²) in [7, 11) is 0. The highest BCUT2D eigenvalue weighted by atomic mass is 35.8. The standard InChI is InChI=1S/C4H10O.C3H7Cl3Si/c1-3-5-4-2;1-2-3-7(4,5)6/h3-4H2,1-2H3;2-3H2,1H3. The zero-order valence-electron chi connectivity index (χ0n) is 7.87. The lowest BCUT2D eigenvalue weighted by Gasteiger charge is -2.01. The first kappa shape index (κ1) is 15.5. The Morgan fingerprint density at radius 2 is 1.42 bits per heavy atom. The lowest BCUT2D eigenvalue weighted by molar-refractivity contribution is 0.162. The van der Waals surface area contributed by atoms with E-state index in [2.05, 4.69) is 0 Å². The van der Waals surface area contributed by atoms with Crippen LogP contribution in [-0.4, -0.2) is 19.2 Å². The highest BCUT2D eigenvalue weighted by molar-refractivity contribution is 7.64. The third kappa shape index (κ3) is 22.5. The monoisotopic (exact) mass is 250 g/mol. The van der Waals surface area contributed by atoms with Crippen molar-refractivity contribution >= 4 is 39.2 Å². The topological polar surface area (TPSA) is 9.23 Å². The van der Waals surface area contributed by atoms with Crippen LogP contribution < -0.4 is 0 Å². The van der Waals surface area contributed by atoms with Gasteiger partial charge in [-0.2, -0.15) is 0 Å². The van der Waals surface area contributed by atoms with Gasteiger partial charge in [-0.15, -0.1) is 33.2 Å². The van der Waals surface area contributed by atoms with Crippen molar-refractivity contribution in [3.8, 4) is 0 Å². The maximum atomic E-state index is 5.50. The van der Waals surface area contributed by atoms with Crippen molar-refractivity contribution in [1.82, 2.24) is 0 Å². The first-order valence-corrected chi connectivity index (χ1v) is 9.36. The van der Waals surface area contributed by atoms with Crippen molar-refractivity contribution in [3.05, 3.63) is 0 Å². The molecular formula is C7H17Cl3OSi. The van der Waals surface area contributed by atoms with Crippen molar-refractivity contribution in [3.63, 3.8) is 0 Å². The molecule has 0 unspecified atom stereocenters. The number of halogens is 3. The van der Waals surface area contributed by atoms with Gasteiger partial charge in [0.15, 0.2) is 0 Å². The summed E-state index contributed by atoms with van der Waals surface area (Å²) in [5.41, 5.74) is 0. The van der Waals surface area contributed by atoms with Crippen molar-refractivity contribution in [2.75, 3.05) is 13.2 Å². The van der Waals surface area contributed by atoms with Crippen LogP contribution in [0.25, 0.3) is 0 Å². The molecule has 0 bridgehead atoms. The summed E-state index contributed by atoms with van der Waals surface area (Å²) in [4.78, 5) is 0. The smallest absolute Gasteiger partial charge is 0.341 e. The summed E-state index contributed by atoms with van der Waals surface area (Å²) in [5.74, 6) is 0. The van der Waals surface area contributed by atoms with Crippen LogP contribution in [0.15, 0.2) is 0 Å². The van der Waals surface area contributed by atoms with E-state index in [0.29, 0.717) is 0 Å². The van der Waals surface area contributed by atoms with Gasteiger partial charge in [-0.1, -0.05) is 13.3 Å². The molecule has 0 aliphatic rings. The molecule has 5 heteroatoms. The van der Waals surface area contributed by atoms with Crippen molar-refractivity contribution in [1.29, 1.82) is 0 Å². The van der Waals surface area contributed by atoms with Gasteiger partial charge in [0.2, 0.25) is 0 Å². The molecule has 0 aliphatic carbocycles. The van der Waals surface area contributed by atoms with Gasteiger partial charge < -0.3 is 4.74 Å². The van der Waals surface area contributed by atoms with Gasteiger partial charge in [-0.3, -0.25) is 0 Å². The summed E-state index contributed by atoms with van der Waals surface area (Å²) in [5, 5.41) is 0. The predicted octanol–water partition coefficient (Wildman–Crippen LogP) is 4.09. The van der Waals surface area contributed by atoms with E-state index in [0.717, 1.165) is 25.7 Å². The normalized spacial score (nSPS) is 10.5. The van der Waals surface area contributed by atoms with Gasteiger partial charge in [-0.05, 0) is 19.9 Å². The second-order valence-corrected chi connectivity index (χ2v) is 11.4. The minimum atomic E-state index is -2.24. The molecule has 0 amide bonds. The van der Waals surface area contributed by atoms with Gasteiger partial charge in [0.05, 0.1) is 0 Å². The van der Waals surface area contributed by atoms with Gasteiger partial charge in [0, 0.05) is 13.2 Å². The van der Waals surface area contributed by atoms with E-state index in [4.69, 9.17) is 38.0 Å². The highest BCUT2D eigenvalue weighted by Gasteiger charge is 2.22. The van der Waals surface area contributed by atoms with E-state index in [9.17, 15) is 0 Å². The molecule has 0 rings (SSSR count). The van der Waals surface area contributed by atoms with Gasteiger partial charge in [0.1, 0.15) is 0 Å². The van der Waals surface area contributed by atoms with Crippen molar-refractivity contribution < 1.29 is 4.74 Å². The molecule has 12 heavy (non-hydrogen) atoms. The molecule has 0 heterocycles. The van der Waals surface area contributed by atoms with Crippen molar-refractivity contribution in [2.24, 2.45) is 0 Å². The van der Waals surface area contributed by atoms with Crippen LogP contribution in [0, 0.1) is 0 Å². The largest absolute Gasteiger partial charge is 0.382 e. The molecule has 76 valence electrons. The Labute approximate surface area is 90.5 Å². The average molecular weight is 252 g/mol. The van der Waals surface area contributed by atoms with Crippen LogP contribution in [0.1, 0.15) is 27.2 Å². The summed E-state index contributed by atoms with van der Waals surface area (Å²) in [6.45, 7) is 7.68. The fraction of sp³-hybridized carbons (Fsp3) is 1.00. The second kappa shape index (κ2) is 10.1. The first-order chi connectivity index (χ1) is 5.47. The fourth-order valence-electron chi connectivity index (χ4n) is 0.488. The molecule has 0 fully saturated rings. The minimum absolute atomic E-state index is 0.775. The number of hydrogen-bond acceptors (Lipinski definition) is 1. The zero-order valence-corrected chi connectivity index (χ0v) is 11.1. The van der Waals surface area contributed by atoms with E-state index in [-0.39, 0.29) is 0 Å². The van der Waals surface area contributed by atoms with Crippen LogP contribution in [0.5, 0.6) is 0 Å². The Morgan fingerprint density at radius 1 is 1.00 bits per heavy atom. The maximum absolute atomic E-state index is 5.50. The van der Waals surface area contributed by atoms with Crippen LogP contribution in [0.3, 0.4) is 0 Å². The van der Waals surface area contributed by atoms with Crippen LogP contribution in [0.4, 0.5) is 0 Å².